The first-order valence-electron chi connectivity index (χ1n) is 7.02. The molecular weight excluding hydrogens is 288 g/mol. The summed E-state index contributed by atoms with van der Waals surface area (Å²) in [6.07, 6.45) is 6.79. The summed E-state index contributed by atoms with van der Waals surface area (Å²) >= 11 is 5.13. The van der Waals surface area contributed by atoms with Crippen molar-refractivity contribution in [3.63, 3.8) is 0 Å². The van der Waals surface area contributed by atoms with E-state index in [4.69, 9.17) is 12.2 Å². The Morgan fingerprint density at radius 2 is 1.86 bits per heavy atom. The summed E-state index contributed by atoms with van der Waals surface area (Å²) < 4.78 is 0. The van der Waals surface area contributed by atoms with E-state index in [0.29, 0.717) is 5.69 Å². The standard InChI is InChI=1S/C14H18N4O2S/c19-18(20)13-10-6-5-9-12(13)15-14(21)17-16-11-7-3-1-2-4-8-11/h5-6,9-10H,1-4,7-8H2,(H2,15,17,21). The van der Waals surface area contributed by atoms with Gasteiger partial charge in [0.05, 0.1) is 4.92 Å². The summed E-state index contributed by atoms with van der Waals surface area (Å²) in [5.74, 6) is 0. The summed E-state index contributed by atoms with van der Waals surface area (Å²) in [5, 5.41) is 18.3. The van der Waals surface area contributed by atoms with Gasteiger partial charge in [0.25, 0.3) is 5.69 Å². The van der Waals surface area contributed by atoms with E-state index in [1.165, 1.54) is 18.9 Å². The van der Waals surface area contributed by atoms with Gasteiger partial charge in [-0.2, -0.15) is 5.10 Å². The molecule has 0 aromatic heterocycles. The van der Waals surface area contributed by atoms with E-state index in [0.717, 1.165) is 31.4 Å². The number of hydrazone groups is 1. The molecular formula is C14H18N4O2S. The predicted molar refractivity (Wildman–Crippen MR) is 87.6 cm³/mol. The number of hydrogen-bond acceptors (Lipinski definition) is 4. The largest absolute Gasteiger partial charge is 0.326 e. The molecule has 0 spiro atoms. The molecule has 1 saturated carbocycles. The zero-order chi connectivity index (χ0) is 15.1. The van der Waals surface area contributed by atoms with Crippen LogP contribution in [0.25, 0.3) is 0 Å². The zero-order valence-corrected chi connectivity index (χ0v) is 12.5. The molecule has 0 radical (unpaired) electrons. The number of hydrogen-bond donors (Lipinski definition) is 2. The minimum Gasteiger partial charge on any atom is -0.326 e. The van der Waals surface area contributed by atoms with E-state index in [1.54, 1.807) is 18.2 Å². The summed E-state index contributed by atoms with van der Waals surface area (Å²) in [5.41, 5.74) is 4.24. The van der Waals surface area contributed by atoms with Gasteiger partial charge in [0, 0.05) is 11.8 Å². The number of nitrogens with zero attached hydrogens (tertiary/aromatic N) is 2. The Balaban J connectivity index is 1.95. The topological polar surface area (TPSA) is 79.6 Å². The number of nitro groups is 1. The van der Waals surface area contributed by atoms with Crippen LogP contribution in [-0.2, 0) is 0 Å². The number of thiocarbonyl (C=S) groups is 1. The van der Waals surface area contributed by atoms with Crippen molar-refractivity contribution < 1.29 is 4.92 Å². The normalized spacial score (nSPS) is 15.0. The van der Waals surface area contributed by atoms with Crippen LogP contribution in [0.15, 0.2) is 29.4 Å². The molecule has 1 aromatic carbocycles. The lowest BCUT2D eigenvalue weighted by atomic mass is 10.2. The van der Waals surface area contributed by atoms with Gasteiger partial charge >= 0.3 is 0 Å². The van der Waals surface area contributed by atoms with E-state index in [1.807, 2.05) is 0 Å². The second kappa shape index (κ2) is 7.68. The van der Waals surface area contributed by atoms with Gasteiger partial charge in [-0.3, -0.25) is 15.5 Å². The molecule has 0 unspecified atom stereocenters. The summed E-state index contributed by atoms with van der Waals surface area (Å²) in [6.45, 7) is 0. The van der Waals surface area contributed by atoms with Gasteiger partial charge in [-0.15, -0.1) is 0 Å². The van der Waals surface area contributed by atoms with Gasteiger partial charge in [0.2, 0.25) is 0 Å². The summed E-state index contributed by atoms with van der Waals surface area (Å²) in [6, 6.07) is 6.38. The van der Waals surface area contributed by atoms with E-state index in [9.17, 15) is 10.1 Å². The third-order valence-corrected chi connectivity index (χ3v) is 3.54. The molecule has 21 heavy (non-hydrogen) atoms. The van der Waals surface area contributed by atoms with Gasteiger partial charge < -0.3 is 5.32 Å². The second-order valence-electron chi connectivity index (χ2n) is 4.93. The quantitative estimate of drug-likeness (QED) is 0.386. The van der Waals surface area contributed by atoms with Crippen molar-refractivity contribution in [1.29, 1.82) is 0 Å². The highest BCUT2D eigenvalue weighted by molar-refractivity contribution is 7.80. The Morgan fingerprint density at radius 3 is 2.52 bits per heavy atom. The molecule has 1 aromatic rings. The van der Waals surface area contributed by atoms with E-state index >= 15 is 0 Å². The molecule has 0 heterocycles. The van der Waals surface area contributed by atoms with Crippen molar-refractivity contribution >= 4 is 34.4 Å². The number of para-hydroxylation sites is 2. The maximum atomic E-state index is 10.9. The van der Waals surface area contributed by atoms with Gasteiger partial charge in [-0.25, -0.2) is 0 Å². The van der Waals surface area contributed by atoms with Crippen molar-refractivity contribution in [3.8, 4) is 0 Å². The van der Waals surface area contributed by atoms with Crippen molar-refractivity contribution in [2.45, 2.75) is 38.5 Å². The van der Waals surface area contributed by atoms with Crippen molar-refractivity contribution in [1.82, 2.24) is 5.43 Å². The number of rotatable bonds is 3. The van der Waals surface area contributed by atoms with Crippen LogP contribution in [0.1, 0.15) is 38.5 Å². The molecule has 0 aliphatic heterocycles. The maximum absolute atomic E-state index is 10.9. The van der Waals surface area contributed by atoms with Gasteiger partial charge in [-0.05, 0) is 44.0 Å². The first kappa shape index (κ1) is 15.4. The molecule has 2 N–H and O–H groups in total. The van der Waals surface area contributed by atoms with Crippen LogP contribution in [-0.4, -0.2) is 15.7 Å². The highest BCUT2D eigenvalue weighted by Crippen LogP contribution is 2.22. The van der Waals surface area contributed by atoms with E-state index in [-0.39, 0.29) is 10.8 Å². The second-order valence-corrected chi connectivity index (χ2v) is 5.34. The Morgan fingerprint density at radius 1 is 1.19 bits per heavy atom. The van der Waals surface area contributed by atoms with Crippen molar-refractivity contribution in [3.05, 3.63) is 34.4 Å². The number of nitrogens with one attached hydrogen (secondary N) is 2. The fraction of sp³-hybridized carbons (Fsp3) is 0.429. The highest BCUT2D eigenvalue weighted by Gasteiger charge is 2.13. The lowest BCUT2D eigenvalue weighted by Crippen LogP contribution is -2.25. The third-order valence-electron chi connectivity index (χ3n) is 3.35. The van der Waals surface area contributed by atoms with Crippen LogP contribution < -0.4 is 10.7 Å². The average molecular weight is 306 g/mol. The molecule has 0 atom stereocenters. The molecule has 0 amide bonds. The molecule has 1 aliphatic carbocycles. The van der Waals surface area contributed by atoms with Crippen LogP contribution in [0.2, 0.25) is 0 Å². The van der Waals surface area contributed by atoms with Crippen molar-refractivity contribution in [2.75, 3.05) is 5.32 Å². The highest BCUT2D eigenvalue weighted by atomic mass is 32.1. The first-order chi connectivity index (χ1) is 10.2. The average Bonchev–Trinajstić information content (AvgIpc) is 2.74. The smallest absolute Gasteiger partial charge is 0.292 e. The van der Waals surface area contributed by atoms with Gasteiger partial charge in [-0.1, -0.05) is 25.0 Å². The Labute approximate surface area is 128 Å². The minimum absolute atomic E-state index is 0.0104. The number of anilines is 1. The molecule has 2 rings (SSSR count). The lowest BCUT2D eigenvalue weighted by Gasteiger charge is -2.08. The Hall–Kier alpha value is -2.02. The van der Waals surface area contributed by atoms with Crippen LogP contribution in [0, 0.1) is 10.1 Å². The van der Waals surface area contributed by atoms with Gasteiger partial charge in [0.1, 0.15) is 5.69 Å². The van der Waals surface area contributed by atoms with E-state index in [2.05, 4.69) is 15.8 Å². The third kappa shape index (κ3) is 4.78. The Bertz CT molecular complexity index is 550. The van der Waals surface area contributed by atoms with Crippen LogP contribution in [0.5, 0.6) is 0 Å². The van der Waals surface area contributed by atoms with Crippen LogP contribution in [0.3, 0.4) is 0 Å². The Kier molecular flexibility index (Phi) is 5.62. The zero-order valence-electron chi connectivity index (χ0n) is 11.7. The molecule has 0 bridgehead atoms. The van der Waals surface area contributed by atoms with Crippen LogP contribution >= 0.6 is 12.2 Å². The lowest BCUT2D eigenvalue weighted by molar-refractivity contribution is -0.383. The predicted octanol–water partition coefficient (Wildman–Crippen LogP) is 3.59. The molecule has 1 aliphatic rings. The van der Waals surface area contributed by atoms with Crippen molar-refractivity contribution in [2.24, 2.45) is 5.10 Å². The molecule has 6 nitrogen and oxygen atoms in total. The summed E-state index contributed by atoms with van der Waals surface area (Å²) in [4.78, 5) is 10.5. The maximum Gasteiger partial charge on any atom is 0.292 e. The minimum atomic E-state index is -0.442. The number of nitro benzene ring substituents is 1. The van der Waals surface area contributed by atoms with E-state index < -0.39 is 4.92 Å². The van der Waals surface area contributed by atoms with Gasteiger partial charge in [0.15, 0.2) is 5.11 Å². The molecule has 112 valence electrons. The molecule has 0 saturated heterocycles. The summed E-state index contributed by atoms with van der Waals surface area (Å²) in [7, 11) is 0. The van der Waals surface area contributed by atoms with Crippen LogP contribution in [0.4, 0.5) is 11.4 Å². The monoisotopic (exact) mass is 306 g/mol. The fourth-order valence-corrected chi connectivity index (χ4v) is 2.42. The molecule has 7 heteroatoms. The SMILES string of the molecule is O=[N+]([O-])c1ccccc1NC(=S)NN=C1CCCCCC1. The number of benzene rings is 1. The molecule has 1 fully saturated rings. The first-order valence-corrected chi connectivity index (χ1v) is 7.43. The fourth-order valence-electron chi connectivity index (χ4n) is 2.27.